The first-order chi connectivity index (χ1) is 16.5. The minimum atomic E-state index is -0.164. The zero-order valence-corrected chi connectivity index (χ0v) is 19.7. The first-order valence-corrected chi connectivity index (χ1v) is 12.0. The van der Waals surface area contributed by atoms with Gasteiger partial charge < -0.3 is 15.0 Å². The highest BCUT2D eigenvalue weighted by atomic mass is 16.5. The maximum absolute atomic E-state index is 13.0. The summed E-state index contributed by atoms with van der Waals surface area (Å²) in [6.45, 7) is 6.89. The van der Waals surface area contributed by atoms with Gasteiger partial charge >= 0.3 is 0 Å². The number of hydrogen-bond acceptors (Lipinski definition) is 8. The molecular formula is C25H31N7O2. The fourth-order valence-electron chi connectivity index (χ4n) is 5.41. The van der Waals surface area contributed by atoms with Crippen LogP contribution in [-0.4, -0.2) is 54.3 Å². The second kappa shape index (κ2) is 9.66. The molecule has 1 saturated carbocycles. The van der Waals surface area contributed by atoms with E-state index < -0.39 is 0 Å². The Labute approximate surface area is 199 Å². The third-order valence-electron chi connectivity index (χ3n) is 7.53. The van der Waals surface area contributed by atoms with Crippen LogP contribution in [0.5, 0.6) is 0 Å². The van der Waals surface area contributed by atoms with Crippen molar-refractivity contribution in [2.24, 2.45) is 5.92 Å². The average molecular weight is 462 g/mol. The molecule has 3 fully saturated rings. The van der Waals surface area contributed by atoms with Gasteiger partial charge in [-0.25, -0.2) is 15.4 Å². The van der Waals surface area contributed by atoms with E-state index in [-0.39, 0.29) is 18.0 Å². The molecule has 2 aromatic rings. The lowest BCUT2D eigenvalue weighted by Gasteiger charge is -2.34. The third kappa shape index (κ3) is 4.37. The number of carbonyl (C=O) groups is 1. The van der Waals surface area contributed by atoms with E-state index in [1.165, 1.54) is 11.8 Å². The number of aromatic nitrogens is 2. The van der Waals surface area contributed by atoms with Crippen molar-refractivity contribution in [2.75, 3.05) is 31.2 Å². The molecule has 0 spiro atoms. The molecule has 2 aromatic heterocycles. The number of pyridine rings is 2. The van der Waals surface area contributed by atoms with Gasteiger partial charge in [0, 0.05) is 37.6 Å². The van der Waals surface area contributed by atoms with Crippen LogP contribution in [0.3, 0.4) is 0 Å². The highest BCUT2D eigenvalue weighted by Crippen LogP contribution is 2.38. The number of nitrogens with one attached hydrogen (secondary N) is 3. The van der Waals surface area contributed by atoms with Gasteiger partial charge in [-0.3, -0.25) is 10.2 Å². The fourth-order valence-corrected chi connectivity index (χ4v) is 5.41. The number of nitriles is 1. The molecule has 4 heterocycles. The molecular weight excluding hydrogens is 430 g/mol. The summed E-state index contributed by atoms with van der Waals surface area (Å²) in [4.78, 5) is 24.2. The van der Waals surface area contributed by atoms with Crippen LogP contribution in [-0.2, 0) is 4.74 Å². The summed E-state index contributed by atoms with van der Waals surface area (Å²) in [6, 6.07) is 7.01. The minimum absolute atomic E-state index is 0.0793. The zero-order chi connectivity index (χ0) is 23.7. The summed E-state index contributed by atoms with van der Waals surface area (Å²) in [5.74, 6) is 1.18. The summed E-state index contributed by atoms with van der Waals surface area (Å²) in [5, 5.41) is 12.4. The van der Waals surface area contributed by atoms with Gasteiger partial charge in [-0.15, -0.1) is 0 Å². The van der Waals surface area contributed by atoms with E-state index in [1.807, 2.05) is 20.0 Å². The Morgan fingerprint density at radius 3 is 2.82 bits per heavy atom. The molecule has 3 N–H and O–H groups in total. The Balaban J connectivity index is 1.29. The van der Waals surface area contributed by atoms with Crippen molar-refractivity contribution < 1.29 is 9.53 Å². The number of hydrogen-bond donors (Lipinski definition) is 3. The Morgan fingerprint density at radius 2 is 2.03 bits per heavy atom. The van der Waals surface area contributed by atoms with Crippen molar-refractivity contribution in [3.8, 4) is 6.07 Å². The number of hydrazine groups is 1. The van der Waals surface area contributed by atoms with E-state index in [2.05, 4.69) is 49.2 Å². The quantitative estimate of drug-likeness (QED) is 0.633. The summed E-state index contributed by atoms with van der Waals surface area (Å²) >= 11 is 0. The van der Waals surface area contributed by atoms with E-state index in [4.69, 9.17) is 4.74 Å². The largest absolute Gasteiger partial charge is 0.378 e. The van der Waals surface area contributed by atoms with Crippen molar-refractivity contribution in [1.82, 2.24) is 26.1 Å². The minimum Gasteiger partial charge on any atom is -0.378 e. The van der Waals surface area contributed by atoms with E-state index in [0.717, 1.165) is 62.5 Å². The van der Waals surface area contributed by atoms with Gasteiger partial charge in [0.05, 0.1) is 24.8 Å². The van der Waals surface area contributed by atoms with Crippen LogP contribution in [0.4, 0.5) is 5.82 Å². The summed E-state index contributed by atoms with van der Waals surface area (Å²) in [5.41, 5.74) is 10.7. The number of amides is 1. The van der Waals surface area contributed by atoms with Crippen molar-refractivity contribution in [1.29, 1.82) is 5.26 Å². The lowest BCUT2D eigenvalue weighted by molar-refractivity contribution is 0.0909. The molecule has 9 nitrogen and oxygen atoms in total. The molecule has 2 aliphatic heterocycles. The van der Waals surface area contributed by atoms with Crippen LogP contribution >= 0.6 is 0 Å². The predicted octanol–water partition coefficient (Wildman–Crippen LogP) is 1.92. The maximum Gasteiger partial charge on any atom is 0.270 e. The first-order valence-electron chi connectivity index (χ1n) is 12.0. The molecule has 9 heteroatoms. The van der Waals surface area contributed by atoms with Gasteiger partial charge in [-0.05, 0) is 67.9 Å². The summed E-state index contributed by atoms with van der Waals surface area (Å²) < 4.78 is 5.48. The monoisotopic (exact) mass is 461 g/mol. The fraction of sp³-hybridized carbons (Fsp3) is 0.520. The van der Waals surface area contributed by atoms with E-state index in [0.29, 0.717) is 23.2 Å². The lowest BCUT2D eigenvalue weighted by Crippen LogP contribution is -2.44. The average Bonchev–Trinajstić information content (AvgIpc) is 3.29. The molecule has 4 unspecified atom stereocenters. The topological polar surface area (TPSA) is 115 Å². The molecule has 178 valence electrons. The molecule has 34 heavy (non-hydrogen) atoms. The molecule has 2 saturated heterocycles. The Kier molecular flexibility index (Phi) is 6.46. The SMILES string of the molecule is Cc1c(C#N)cnc(C(=O)NC2CCC3NNC(c4ccnc(N5CCOCC5)c4)C3C2)c1C. The van der Waals surface area contributed by atoms with Crippen molar-refractivity contribution in [3.05, 3.63) is 52.5 Å². The molecule has 0 aromatic carbocycles. The molecule has 1 amide bonds. The maximum atomic E-state index is 13.0. The molecule has 4 atom stereocenters. The Morgan fingerprint density at radius 1 is 1.21 bits per heavy atom. The highest BCUT2D eigenvalue weighted by molar-refractivity contribution is 5.94. The smallest absolute Gasteiger partial charge is 0.270 e. The molecule has 3 aliphatic rings. The number of anilines is 1. The number of fused-ring (bicyclic) bond motifs is 1. The molecule has 0 radical (unpaired) electrons. The summed E-state index contributed by atoms with van der Waals surface area (Å²) in [6.07, 6.45) is 6.16. The van der Waals surface area contributed by atoms with E-state index in [1.54, 1.807) is 0 Å². The van der Waals surface area contributed by atoms with Crippen LogP contribution in [0.15, 0.2) is 24.5 Å². The van der Waals surface area contributed by atoms with Crippen LogP contribution in [0.1, 0.15) is 58.0 Å². The molecule has 1 aliphatic carbocycles. The zero-order valence-electron chi connectivity index (χ0n) is 19.7. The normalized spacial score (nSPS) is 26.6. The van der Waals surface area contributed by atoms with Gasteiger partial charge in [0.25, 0.3) is 5.91 Å². The van der Waals surface area contributed by atoms with Gasteiger partial charge in [0.2, 0.25) is 0 Å². The molecule has 0 bridgehead atoms. The lowest BCUT2D eigenvalue weighted by atomic mass is 9.77. The van der Waals surface area contributed by atoms with Crippen molar-refractivity contribution in [3.63, 3.8) is 0 Å². The van der Waals surface area contributed by atoms with E-state index >= 15 is 0 Å². The standard InChI is InChI=1S/C25H31N7O2/c1-15-16(2)23(28-14-18(15)13-26)25(33)29-19-3-4-21-20(12-19)24(31-30-21)17-5-6-27-22(11-17)32-7-9-34-10-8-32/h5-6,11,14,19-21,24,30-31H,3-4,7-10,12H2,1-2H3,(H,29,33). The predicted molar refractivity (Wildman–Crippen MR) is 127 cm³/mol. The highest BCUT2D eigenvalue weighted by Gasteiger charge is 2.41. The van der Waals surface area contributed by atoms with Crippen LogP contribution < -0.4 is 21.1 Å². The summed E-state index contributed by atoms with van der Waals surface area (Å²) in [7, 11) is 0. The van der Waals surface area contributed by atoms with Crippen molar-refractivity contribution in [2.45, 2.75) is 51.2 Å². The number of ether oxygens (including phenoxy) is 1. The van der Waals surface area contributed by atoms with Crippen LogP contribution in [0.25, 0.3) is 0 Å². The number of carbonyl (C=O) groups excluding carboxylic acids is 1. The van der Waals surface area contributed by atoms with Crippen molar-refractivity contribution >= 4 is 11.7 Å². The molecule has 5 rings (SSSR count). The first kappa shape index (κ1) is 22.7. The Hall–Kier alpha value is -3.06. The van der Waals surface area contributed by atoms with Crippen LogP contribution in [0.2, 0.25) is 0 Å². The van der Waals surface area contributed by atoms with Gasteiger partial charge in [-0.1, -0.05) is 0 Å². The Bertz CT molecular complexity index is 1110. The third-order valence-corrected chi connectivity index (χ3v) is 7.53. The second-order valence-corrected chi connectivity index (χ2v) is 9.45. The number of morpholine rings is 1. The number of nitrogens with zero attached hydrogens (tertiary/aromatic N) is 4. The van der Waals surface area contributed by atoms with Gasteiger partial charge in [-0.2, -0.15) is 5.26 Å². The number of rotatable bonds is 4. The second-order valence-electron chi connectivity index (χ2n) is 9.45. The van der Waals surface area contributed by atoms with Gasteiger partial charge in [0.1, 0.15) is 17.6 Å². The van der Waals surface area contributed by atoms with E-state index in [9.17, 15) is 10.1 Å². The van der Waals surface area contributed by atoms with Crippen LogP contribution in [0, 0.1) is 31.1 Å². The van der Waals surface area contributed by atoms with Gasteiger partial charge in [0.15, 0.2) is 0 Å².